The van der Waals surface area contributed by atoms with Crippen molar-refractivity contribution < 1.29 is 4.79 Å². The summed E-state index contributed by atoms with van der Waals surface area (Å²) in [6, 6.07) is 8.86. The first-order chi connectivity index (χ1) is 5.74. The zero-order valence-corrected chi connectivity index (χ0v) is 6.93. The fourth-order valence-corrected chi connectivity index (χ4v) is 0.894. The minimum Gasteiger partial charge on any atom is -0.359 e. The van der Waals surface area contributed by atoms with Gasteiger partial charge in [-0.1, -0.05) is 0 Å². The second-order valence-electron chi connectivity index (χ2n) is 2.12. The summed E-state index contributed by atoms with van der Waals surface area (Å²) in [4.78, 5) is 10.6. The van der Waals surface area contributed by atoms with E-state index in [0.29, 0.717) is 5.56 Å². The molecule has 1 rings (SSSR count). The molecule has 3 heteroatoms. The van der Waals surface area contributed by atoms with E-state index in [1.165, 1.54) is 0 Å². The molecule has 0 amide bonds. The van der Waals surface area contributed by atoms with Crippen molar-refractivity contribution in [2.75, 3.05) is 0 Å². The Hall–Kier alpha value is -1.46. The molecule has 0 radical (unpaired) electrons. The van der Waals surface area contributed by atoms with Crippen molar-refractivity contribution in [3.8, 4) is 12.0 Å². The van der Waals surface area contributed by atoms with Crippen molar-refractivity contribution in [3.05, 3.63) is 35.4 Å². The quantitative estimate of drug-likeness (QED) is 0.402. The van der Waals surface area contributed by atoms with E-state index in [1.807, 2.05) is 0 Å². The van der Waals surface area contributed by atoms with Crippen molar-refractivity contribution in [1.29, 1.82) is 0 Å². The largest absolute Gasteiger partial charge is 0.359 e. The third-order valence-corrected chi connectivity index (χ3v) is 1.55. The standard InChI is InChI=1S/C9H6ClNO/c10-9(12)8-3-1-7(2-4-8)5-6-11/h1-4H,11H2. The first-order valence-electron chi connectivity index (χ1n) is 3.25. The topological polar surface area (TPSA) is 43.1 Å². The lowest BCUT2D eigenvalue weighted by atomic mass is 10.1. The van der Waals surface area contributed by atoms with Gasteiger partial charge in [0.2, 0.25) is 0 Å². The maximum absolute atomic E-state index is 10.6. The SMILES string of the molecule is NC#Cc1ccc(C(=O)Cl)cc1. The minimum absolute atomic E-state index is 0.458. The molecular formula is C9H6ClNO. The van der Waals surface area contributed by atoms with E-state index in [2.05, 4.69) is 12.0 Å². The lowest BCUT2D eigenvalue weighted by Crippen LogP contribution is -1.88. The van der Waals surface area contributed by atoms with Gasteiger partial charge in [0.15, 0.2) is 0 Å². The Bertz CT molecular complexity index is 345. The Balaban J connectivity index is 2.98. The Morgan fingerprint density at radius 1 is 1.33 bits per heavy atom. The molecule has 0 spiro atoms. The van der Waals surface area contributed by atoms with Gasteiger partial charge in [-0.05, 0) is 41.8 Å². The lowest BCUT2D eigenvalue weighted by Gasteiger charge is -1.92. The predicted molar refractivity (Wildman–Crippen MR) is 47.7 cm³/mol. The molecule has 0 heterocycles. The van der Waals surface area contributed by atoms with Crippen LogP contribution in [0.4, 0.5) is 0 Å². The van der Waals surface area contributed by atoms with Crippen LogP contribution in [0.1, 0.15) is 15.9 Å². The van der Waals surface area contributed by atoms with E-state index in [-0.39, 0.29) is 0 Å². The molecule has 1 aromatic carbocycles. The number of rotatable bonds is 1. The second kappa shape index (κ2) is 3.80. The fraction of sp³-hybridized carbons (Fsp3) is 0. The molecule has 0 atom stereocenters. The van der Waals surface area contributed by atoms with Crippen LogP contribution in [0.5, 0.6) is 0 Å². The Morgan fingerprint density at radius 2 is 1.92 bits per heavy atom. The number of hydrogen-bond acceptors (Lipinski definition) is 2. The zero-order chi connectivity index (χ0) is 8.97. The van der Waals surface area contributed by atoms with Gasteiger partial charge in [-0.25, -0.2) is 0 Å². The zero-order valence-electron chi connectivity index (χ0n) is 6.17. The maximum atomic E-state index is 10.6. The fourth-order valence-electron chi connectivity index (χ4n) is 0.768. The van der Waals surface area contributed by atoms with Gasteiger partial charge in [0, 0.05) is 17.2 Å². The number of benzene rings is 1. The number of carbonyl (C=O) groups is 1. The van der Waals surface area contributed by atoms with Crippen LogP contribution in [0.25, 0.3) is 0 Å². The number of halogens is 1. The number of hydrogen-bond donors (Lipinski definition) is 1. The van der Waals surface area contributed by atoms with Crippen LogP contribution >= 0.6 is 11.6 Å². The van der Waals surface area contributed by atoms with Gasteiger partial charge in [-0.15, -0.1) is 0 Å². The maximum Gasteiger partial charge on any atom is 0.252 e. The third-order valence-electron chi connectivity index (χ3n) is 1.33. The van der Waals surface area contributed by atoms with Gasteiger partial charge in [0.25, 0.3) is 5.24 Å². The predicted octanol–water partition coefficient (Wildman–Crippen LogP) is 1.33. The average Bonchev–Trinajstić information content (AvgIpc) is 2.06. The highest BCUT2D eigenvalue weighted by molar-refractivity contribution is 6.67. The molecule has 0 aliphatic carbocycles. The van der Waals surface area contributed by atoms with Crippen LogP contribution in [0.15, 0.2) is 24.3 Å². The molecule has 0 fully saturated rings. The summed E-state index contributed by atoms with van der Waals surface area (Å²) in [5, 5.41) is -0.470. The highest BCUT2D eigenvalue weighted by atomic mass is 35.5. The summed E-state index contributed by atoms with van der Waals surface area (Å²) in [5.41, 5.74) is 6.23. The lowest BCUT2D eigenvalue weighted by molar-refractivity contribution is 0.108. The van der Waals surface area contributed by atoms with Crippen molar-refractivity contribution in [3.63, 3.8) is 0 Å². The first kappa shape index (κ1) is 8.63. The molecule has 2 nitrogen and oxygen atoms in total. The highest BCUT2D eigenvalue weighted by Gasteiger charge is 1.98. The smallest absolute Gasteiger partial charge is 0.252 e. The molecule has 0 unspecified atom stereocenters. The molecule has 0 saturated carbocycles. The average molecular weight is 180 g/mol. The number of nitrogens with two attached hydrogens (primary N) is 1. The van der Waals surface area contributed by atoms with Gasteiger partial charge in [-0.2, -0.15) is 0 Å². The normalized spacial score (nSPS) is 8.42. The van der Waals surface area contributed by atoms with Gasteiger partial charge in [0.1, 0.15) is 0 Å². The van der Waals surface area contributed by atoms with Crippen molar-refractivity contribution in [2.45, 2.75) is 0 Å². The summed E-state index contributed by atoms with van der Waals surface area (Å²) in [6.45, 7) is 0. The van der Waals surface area contributed by atoms with Gasteiger partial charge in [0.05, 0.1) is 0 Å². The molecule has 0 saturated heterocycles. The van der Waals surface area contributed by atoms with Crippen molar-refractivity contribution in [2.24, 2.45) is 5.73 Å². The van der Waals surface area contributed by atoms with E-state index >= 15 is 0 Å². The Morgan fingerprint density at radius 3 is 2.33 bits per heavy atom. The molecule has 12 heavy (non-hydrogen) atoms. The molecule has 2 N–H and O–H groups in total. The molecule has 0 aliphatic rings. The molecule has 0 aromatic heterocycles. The minimum atomic E-state index is -0.470. The van der Waals surface area contributed by atoms with Crippen LogP contribution in [-0.4, -0.2) is 5.24 Å². The molecule has 1 aromatic rings. The number of carbonyl (C=O) groups excluding carboxylic acids is 1. The Kier molecular flexibility index (Phi) is 2.73. The van der Waals surface area contributed by atoms with E-state index < -0.39 is 5.24 Å². The second-order valence-corrected chi connectivity index (χ2v) is 2.46. The van der Waals surface area contributed by atoms with E-state index in [0.717, 1.165) is 5.56 Å². The van der Waals surface area contributed by atoms with Gasteiger partial charge in [-0.3, -0.25) is 4.79 Å². The van der Waals surface area contributed by atoms with E-state index in [1.54, 1.807) is 24.3 Å². The summed E-state index contributed by atoms with van der Waals surface area (Å²) >= 11 is 5.23. The summed E-state index contributed by atoms with van der Waals surface area (Å²) in [5.74, 6) is 2.65. The monoisotopic (exact) mass is 179 g/mol. The molecular weight excluding hydrogens is 174 g/mol. The summed E-state index contributed by atoms with van der Waals surface area (Å²) in [7, 11) is 0. The van der Waals surface area contributed by atoms with Gasteiger partial charge >= 0.3 is 0 Å². The Labute approximate surface area is 75.3 Å². The molecule has 0 aliphatic heterocycles. The summed E-state index contributed by atoms with van der Waals surface area (Å²) < 4.78 is 0. The first-order valence-corrected chi connectivity index (χ1v) is 3.63. The molecule has 60 valence electrons. The highest BCUT2D eigenvalue weighted by Crippen LogP contribution is 2.05. The molecule has 0 bridgehead atoms. The van der Waals surface area contributed by atoms with Crippen LogP contribution in [0.3, 0.4) is 0 Å². The van der Waals surface area contributed by atoms with Crippen LogP contribution < -0.4 is 5.73 Å². The van der Waals surface area contributed by atoms with Gasteiger partial charge < -0.3 is 5.73 Å². The van der Waals surface area contributed by atoms with E-state index in [4.69, 9.17) is 17.3 Å². The van der Waals surface area contributed by atoms with Crippen LogP contribution in [0, 0.1) is 12.0 Å². The van der Waals surface area contributed by atoms with Crippen molar-refractivity contribution in [1.82, 2.24) is 0 Å². The third kappa shape index (κ3) is 2.01. The summed E-state index contributed by atoms with van der Waals surface area (Å²) in [6.07, 6.45) is 0. The van der Waals surface area contributed by atoms with Crippen molar-refractivity contribution >= 4 is 16.8 Å². The van der Waals surface area contributed by atoms with Crippen LogP contribution in [-0.2, 0) is 0 Å². The van der Waals surface area contributed by atoms with Crippen LogP contribution in [0.2, 0.25) is 0 Å². The van der Waals surface area contributed by atoms with E-state index in [9.17, 15) is 4.79 Å².